The van der Waals surface area contributed by atoms with Crippen molar-refractivity contribution >= 4 is 5.91 Å². The Balaban J connectivity index is 2.69. The monoisotopic (exact) mass is 487 g/mol. The van der Waals surface area contributed by atoms with Gasteiger partial charge in [-0.1, -0.05) is 0 Å². The van der Waals surface area contributed by atoms with Gasteiger partial charge >= 0.3 is 0 Å². The fourth-order valence-corrected chi connectivity index (χ4v) is 1.69. The molecule has 1 N–H and O–H groups in total. The maximum Gasteiger partial charge on any atom is 0.257 e. The zero-order chi connectivity index (χ0) is 27.3. The summed E-state index contributed by atoms with van der Waals surface area (Å²) in [6.07, 6.45) is 6.64. The Labute approximate surface area is 211 Å². The Morgan fingerprint density at radius 1 is 0.595 bits per heavy atom. The summed E-state index contributed by atoms with van der Waals surface area (Å²) in [6, 6.07) is 0. The Morgan fingerprint density at radius 3 is 1.24 bits per heavy atom. The van der Waals surface area contributed by atoms with E-state index in [4.69, 9.17) is 6.42 Å². The van der Waals surface area contributed by atoms with Crippen LogP contribution in [0.25, 0.3) is 0 Å². The lowest BCUT2D eigenvalue weighted by atomic mass is 10.1. The third kappa shape index (κ3) is 10.2. The Hall–Kier alpha value is -6.63. The van der Waals surface area contributed by atoms with Crippen LogP contribution in [0.2, 0.25) is 0 Å². The van der Waals surface area contributed by atoms with Crippen molar-refractivity contribution in [3.8, 4) is 137 Å². The van der Waals surface area contributed by atoms with Crippen LogP contribution < -0.4 is 10.1 Å². The molecular weight excluding hydrogens is 482 g/mol. The molecule has 1 amide bonds. The van der Waals surface area contributed by atoms with Crippen molar-refractivity contribution in [2.45, 2.75) is 0 Å². The van der Waals surface area contributed by atoms with E-state index in [9.17, 15) is 22.4 Å². The first kappa shape index (κ1) is 28.4. The van der Waals surface area contributed by atoms with Crippen LogP contribution >= 0.6 is 0 Å². The highest BCUT2D eigenvalue weighted by Gasteiger charge is 2.30. The minimum absolute atomic E-state index is 1.03. The Kier molecular flexibility index (Phi) is 13.0. The van der Waals surface area contributed by atoms with Gasteiger partial charge in [0, 0.05) is 78.1 Å². The number of terminal acetylenes is 1. The van der Waals surface area contributed by atoms with Crippen LogP contribution in [0.15, 0.2) is 0 Å². The van der Waals surface area contributed by atoms with Gasteiger partial charge in [-0.05, 0) is 47.4 Å². The molecule has 37 heavy (non-hydrogen) atoms. The number of halogens is 4. The van der Waals surface area contributed by atoms with Crippen molar-refractivity contribution in [2.24, 2.45) is 0 Å². The molecule has 0 atom stereocenters. The average molecular weight is 487 g/mol. The molecule has 1 aromatic carbocycles. The minimum Gasteiger partial charge on any atom is -0.400 e. The van der Waals surface area contributed by atoms with Crippen molar-refractivity contribution in [1.82, 2.24) is 5.32 Å². The first-order valence-electron chi connectivity index (χ1n) is 9.16. The maximum absolute atomic E-state index is 13.9. The number of nitrogens with one attached hydrogen (secondary N) is 1. The predicted octanol–water partition coefficient (Wildman–Crippen LogP) is 1.61. The van der Waals surface area contributed by atoms with Gasteiger partial charge in [-0.2, -0.15) is 8.78 Å². The molecule has 0 aliphatic rings. The quantitative estimate of drug-likeness (QED) is 0.391. The largest absolute Gasteiger partial charge is 0.400 e. The molecule has 0 spiro atoms. The van der Waals surface area contributed by atoms with Crippen molar-refractivity contribution < 1.29 is 27.1 Å². The molecule has 0 aromatic heterocycles. The molecule has 0 unspecified atom stereocenters. The van der Waals surface area contributed by atoms with Gasteiger partial charge in [0.05, 0.1) is 0 Å². The molecule has 7 heteroatoms. The average Bonchev–Trinajstić information content (AvgIpc) is 2.90. The zero-order valence-corrected chi connectivity index (χ0v) is 18.4. The molecule has 170 valence electrons. The third-order valence-corrected chi connectivity index (χ3v) is 3.08. The zero-order valence-electron chi connectivity index (χ0n) is 18.4. The van der Waals surface area contributed by atoms with Gasteiger partial charge in [-0.15, -0.1) is 6.42 Å². The maximum atomic E-state index is 13.9. The SMILES string of the molecule is C#CC#CC#CC#CC#CC#CC#CC#CC#CC#CC#COc1c(F)c(F)c(C(=O)NC)c(F)c1F. The molecule has 1 aromatic rings. The van der Waals surface area contributed by atoms with Gasteiger partial charge in [0.15, 0.2) is 11.6 Å². The summed E-state index contributed by atoms with van der Waals surface area (Å²) in [6.45, 7) is 0. The lowest BCUT2D eigenvalue weighted by Crippen LogP contribution is -2.22. The number of benzene rings is 1. The second-order valence-corrected chi connectivity index (χ2v) is 5.26. The second-order valence-electron chi connectivity index (χ2n) is 5.26. The molecule has 0 radical (unpaired) electrons. The van der Waals surface area contributed by atoms with Crippen molar-refractivity contribution in [3.05, 3.63) is 28.8 Å². The lowest BCUT2D eigenvalue weighted by molar-refractivity contribution is 0.0952. The molecule has 0 aliphatic heterocycles. The molecule has 1 rings (SSSR count). The van der Waals surface area contributed by atoms with Gasteiger partial charge in [0.1, 0.15) is 11.7 Å². The van der Waals surface area contributed by atoms with Crippen LogP contribution in [-0.4, -0.2) is 13.0 Å². The third-order valence-electron chi connectivity index (χ3n) is 3.08. The summed E-state index contributed by atoms with van der Waals surface area (Å²) >= 11 is 0. The molecule has 0 aliphatic carbocycles. The number of rotatable bonds is 2. The summed E-state index contributed by atoms with van der Waals surface area (Å²) in [5.74, 6) is 35.9. The van der Waals surface area contributed by atoms with Crippen molar-refractivity contribution in [1.29, 1.82) is 0 Å². The van der Waals surface area contributed by atoms with E-state index in [1.165, 1.54) is 0 Å². The molecule has 3 nitrogen and oxygen atoms in total. The first-order chi connectivity index (χ1) is 18.0. The predicted molar refractivity (Wildman–Crippen MR) is 127 cm³/mol. The molecule has 0 saturated heterocycles. The molecule has 0 bridgehead atoms. The van der Waals surface area contributed by atoms with Gasteiger partial charge in [0.2, 0.25) is 17.4 Å². The van der Waals surface area contributed by atoms with Crippen LogP contribution in [-0.2, 0) is 0 Å². The number of amides is 1. The molecule has 0 fully saturated rings. The Morgan fingerprint density at radius 2 is 0.919 bits per heavy atom. The van der Waals surface area contributed by atoms with Gasteiger partial charge in [-0.3, -0.25) is 4.79 Å². The minimum atomic E-state index is -1.94. The van der Waals surface area contributed by atoms with E-state index in [2.05, 4.69) is 117 Å². The van der Waals surface area contributed by atoms with Gasteiger partial charge in [-0.25, -0.2) is 8.78 Å². The van der Waals surface area contributed by atoms with Crippen molar-refractivity contribution in [3.63, 3.8) is 0 Å². The van der Waals surface area contributed by atoms with Crippen LogP contribution in [0.5, 0.6) is 5.75 Å². The highest BCUT2D eigenvalue weighted by Crippen LogP contribution is 2.29. The first-order valence-corrected chi connectivity index (χ1v) is 9.16. The molecule has 0 saturated carbocycles. The fourth-order valence-electron chi connectivity index (χ4n) is 1.69. The van der Waals surface area contributed by atoms with E-state index in [-0.39, 0.29) is 0 Å². The summed E-state index contributed by atoms with van der Waals surface area (Å²) in [4.78, 5) is 11.4. The van der Waals surface area contributed by atoms with Gasteiger partial charge in [0.25, 0.3) is 5.91 Å². The van der Waals surface area contributed by atoms with E-state index in [0.717, 1.165) is 7.05 Å². The number of carbonyl (C=O) groups excluding carboxylic acids is 1. The van der Waals surface area contributed by atoms with Crippen molar-refractivity contribution in [2.75, 3.05) is 7.05 Å². The van der Waals surface area contributed by atoms with Crippen LogP contribution in [0, 0.1) is 154 Å². The smallest absolute Gasteiger partial charge is 0.257 e. The standard InChI is InChI=1S/C30H5F4NO2/c1-3-4-5-6-7-8-9-10-11-12-13-14-15-16-17-18-19-20-21-22-23-37-29-27(33)25(31)24(30(36)35-2)26(32)28(29)34/h1H,2H3,(H,35,36). The van der Waals surface area contributed by atoms with E-state index >= 15 is 0 Å². The fraction of sp³-hybridized carbons (Fsp3) is 0.0333. The summed E-state index contributed by atoms with van der Waals surface area (Å²) in [5.41, 5.74) is -1.43. The van der Waals surface area contributed by atoms with Crippen LogP contribution in [0.4, 0.5) is 17.6 Å². The van der Waals surface area contributed by atoms with Gasteiger partial charge < -0.3 is 10.1 Å². The summed E-state index contributed by atoms with van der Waals surface area (Å²) in [5, 5.41) is 1.85. The summed E-state index contributed by atoms with van der Waals surface area (Å²) < 4.78 is 59.8. The lowest BCUT2D eigenvalue weighted by Gasteiger charge is -2.08. The van der Waals surface area contributed by atoms with Crippen LogP contribution in [0.1, 0.15) is 10.4 Å². The summed E-state index contributed by atoms with van der Waals surface area (Å²) in [7, 11) is 1.03. The van der Waals surface area contributed by atoms with E-state index in [0.29, 0.717) is 0 Å². The molecule has 0 heterocycles. The number of hydrogen-bond donors (Lipinski definition) is 1. The highest BCUT2D eigenvalue weighted by atomic mass is 19.2. The topological polar surface area (TPSA) is 38.3 Å². The van der Waals surface area contributed by atoms with E-state index in [1.54, 1.807) is 6.11 Å². The highest BCUT2D eigenvalue weighted by molar-refractivity contribution is 5.94. The second kappa shape index (κ2) is 16.9. The number of hydrogen-bond acceptors (Lipinski definition) is 2. The normalized spacial score (nSPS) is 6.59. The van der Waals surface area contributed by atoms with Crippen LogP contribution in [0.3, 0.4) is 0 Å². The van der Waals surface area contributed by atoms with E-state index < -0.39 is 40.5 Å². The van der Waals surface area contributed by atoms with E-state index in [1.807, 2.05) is 11.2 Å². The molecular formula is C30H5F4NO2. The number of ether oxygens (including phenoxy) is 1. The Bertz CT molecular complexity index is 1780. The number of carbonyl (C=O) groups is 1.